The van der Waals surface area contributed by atoms with Crippen molar-refractivity contribution in [3.8, 4) is 0 Å². The van der Waals surface area contributed by atoms with Gasteiger partial charge < -0.3 is 10.1 Å². The third-order valence-electron chi connectivity index (χ3n) is 4.10. The number of ether oxygens (including phenoxy) is 1. The average molecular weight is 343 g/mol. The predicted molar refractivity (Wildman–Crippen MR) is 93.2 cm³/mol. The van der Waals surface area contributed by atoms with Gasteiger partial charge in [-0.25, -0.2) is 4.79 Å². The Bertz CT molecular complexity index is 570. The molecule has 132 valence electrons. The molecule has 2 saturated carbocycles. The fraction of sp³-hybridized carbons (Fsp3) is 0.824. The Morgan fingerprint density at radius 2 is 1.61 bits per heavy atom. The summed E-state index contributed by atoms with van der Waals surface area (Å²) in [6, 6.07) is -0.620. The number of hydrogen-bond acceptors (Lipinski definition) is 4. The molecule has 0 unspecified atom stereocenters. The Labute approximate surface area is 139 Å². The molecule has 0 saturated heterocycles. The summed E-state index contributed by atoms with van der Waals surface area (Å²) in [5.41, 5.74) is -0.612. The molecule has 0 bridgehead atoms. The van der Waals surface area contributed by atoms with Crippen LogP contribution in [0, 0.1) is 17.8 Å². The minimum absolute atomic E-state index is 0.146. The second-order valence-corrected chi connectivity index (χ2v) is 11.1. The SMILES string of the molecule is CC(C)(C)OC(=O)N[C@H](C(=O)C=S(C)(C)=O)C(C1CC1)C1CC1. The highest BCUT2D eigenvalue weighted by Crippen LogP contribution is 2.50. The molecule has 0 aliphatic heterocycles. The monoisotopic (exact) mass is 343 g/mol. The van der Waals surface area contributed by atoms with Gasteiger partial charge in [-0.3, -0.25) is 9.00 Å². The number of carbonyl (C=O) groups excluding carboxylic acids is 2. The van der Waals surface area contributed by atoms with Crippen LogP contribution >= 0.6 is 0 Å². The Kier molecular flexibility index (Phi) is 5.14. The van der Waals surface area contributed by atoms with E-state index in [4.69, 9.17) is 4.74 Å². The molecule has 0 spiro atoms. The van der Waals surface area contributed by atoms with E-state index in [0.29, 0.717) is 11.8 Å². The summed E-state index contributed by atoms with van der Waals surface area (Å²) in [6.45, 7) is 5.37. The van der Waals surface area contributed by atoms with E-state index in [2.05, 4.69) is 5.32 Å². The van der Waals surface area contributed by atoms with E-state index in [-0.39, 0.29) is 11.7 Å². The molecule has 23 heavy (non-hydrogen) atoms. The van der Waals surface area contributed by atoms with Crippen LogP contribution < -0.4 is 5.32 Å². The predicted octanol–water partition coefficient (Wildman–Crippen LogP) is 2.23. The van der Waals surface area contributed by atoms with E-state index < -0.39 is 27.3 Å². The molecular weight excluding hydrogens is 314 g/mol. The van der Waals surface area contributed by atoms with Crippen LogP contribution in [0.25, 0.3) is 0 Å². The van der Waals surface area contributed by atoms with Crippen LogP contribution in [-0.2, 0) is 19.1 Å². The summed E-state index contributed by atoms with van der Waals surface area (Å²) in [5, 5.41) is 4.06. The van der Waals surface area contributed by atoms with E-state index >= 15 is 0 Å². The van der Waals surface area contributed by atoms with Crippen LogP contribution in [0.15, 0.2) is 0 Å². The zero-order valence-electron chi connectivity index (χ0n) is 14.8. The lowest BCUT2D eigenvalue weighted by Crippen LogP contribution is -2.49. The van der Waals surface area contributed by atoms with Crippen LogP contribution in [0.2, 0.25) is 0 Å². The molecule has 0 heterocycles. The smallest absolute Gasteiger partial charge is 0.408 e. The minimum Gasteiger partial charge on any atom is -0.444 e. The van der Waals surface area contributed by atoms with Crippen molar-refractivity contribution in [2.24, 2.45) is 17.8 Å². The molecule has 2 aliphatic rings. The highest BCUT2D eigenvalue weighted by atomic mass is 32.2. The quantitative estimate of drug-likeness (QED) is 0.751. The van der Waals surface area contributed by atoms with Gasteiger partial charge in [-0.1, -0.05) is 0 Å². The Morgan fingerprint density at radius 1 is 1.13 bits per heavy atom. The van der Waals surface area contributed by atoms with Gasteiger partial charge in [-0.15, -0.1) is 0 Å². The third-order valence-corrected chi connectivity index (χ3v) is 4.90. The fourth-order valence-corrected chi connectivity index (χ4v) is 3.74. The van der Waals surface area contributed by atoms with Gasteiger partial charge in [0.15, 0.2) is 5.78 Å². The molecule has 1 amide bonds. The number of hydrogen-bond donors (Lipinski definition) is 1. The van der Waals surface area contributed by atoms with E-state index in [0.717, 1.165) is 25.7 Å². The number of ketones is 1. The maximum atomic E-state index is 12.7. The summed E-state index contributed by atoms with van der Waals surface area (Å²) >= 11 is 0. The normalized spacial score (nSPS) is 20.1. The highest BCUT2D eigenvalue weighted by Gasteiger charge is 2.48. The van der Waals surface area contributed by atoms with Crippen LogP contribution in [0.5, 0.6) is 0 Å². The summed E-state index contributed by atoms with van der Waals surface area (Å²) < 4.78 is 17.3. The van der Waals surface area contributed by atoms with Crippen LogP contribution in [0.4, 0.5) is 4.79 Å². The van der Waals surface area contributed by atoms with Crippen molar-refractivity contribution in [3.05, 3.63) is 0 Å². The highest BCUT2D eigenvalue weighted by molar-refractivity contribution is 8.01. The molecule has 6 heteroatoms. The first-order valence-electron chi connectivity index (χ1n) is 8.28. The third kappa shape index (κ3) is 6.16. The van der Waals surface area contributed by atoms with E-state index in [1.807, 2.05) is 0 Å². The summed E-state index contributed by atoms with van der Waals surface area (Å²) in [7, 11) is -2.30. The van der Waals surface area contributed by atoms with Gasteiger partial charge in [-0.2, -0.15) is 0 Å². The number of nitrogens with one attached hydrogen (secondary N) is 1. The van der Waals surface area contributed by atoms with E-state index in [9.17, 15) is 13.8 Å². The molecule has 0 aromatic heterocycles. The first kappa shape index (κ1) is 18.3. The summed E-state index contributed by atoms with van der Waals surface area (Å²) in [5.74, 6) is 0.886. The van der Waals surface area contributed by atoms with Gasteiger partial charge in [0.25, 0.3) is 0 Å². The zero-order valence-corrected chi connectivity index (χ0v) is 15.6. The lowest BCUT2D eigenvalue weighted by molar-refractivity contribution is -0.116. The van der Waals surface area contributed by atoms with Crippen LogP contribution in [0.1, 0.15) is 46.5 Å². The molecule has 2 aliphatic carbocycles. The average Bonchev–Trinajstić information content (AvgIpc) is 3.18. The molecule has 2 fully saturated rings. The van der Waals surface area contributed by atoms with Gasteiger partial charge in [0.1, 0.15) is 5.60 Å². The Balaban J connectivity index is 2.18. The Hall–Kier alpha value is -1.04. The lowest BCUT2D eigenvalue weighted by Gasteiger charge is -2.28. The van der Waals surface area contributed by atoms with Crippen molar-refractivity contribution in [1.82, 2.24) is 5.32 Å². The number of rotatable bonds is 6. The van der Waals surface area contributed by atoms with Gasteiger partial charge in [0.2, 0.25) is 0 Å². The second-order valence-electron chi connectivity index (χ2n) is 8.21. The van der Waals surface area contributed by atoms with E-state index in [1.54, 1.807) is 33.3 Å². The van der Waals surface area contributed by atoms with Crippen LogP contribution in [0.3, 0.4) is 0 Å². The molecule has 1 N–H and O–H groups in total. The zero-order chi connectivity index (χ0) is 17.4. The summed E-state index contributed by atoms with van der Waals surface area (Å²) in [6.07, 6.45) is 6.93. The molecule has 2 rings (SSSR count). The molecule has 0 aromatic rings. The maximum absolute atomic E-state index is 12.7. The molecule has 0 aromatic carbocycles. The first-order chi connectivity index (χ1) is 10.5. The first-order valence-corrected chi connectivity index (χ1v) is 10.7. The molecule has 5 nitrogen and oxygen atoms in total. The minimum atomic E-state index is -2.30. The van der Waals surface area contributed by atoms with Crippen molar-refractivity contribution < 1.29 is 18.5 Å². The van der Waals surface area contributed by atoms with E-state index in [1.165, 1.54) is 5.37 Å². The van der Waals surface area contributed by atoms with Gasteiger partial charge in [0, 0.05) is 17.9 Å². The number of carbonyl (C=O) groups is 2. The number of Topliss-reactive ketones (excluding diaryl/α,β-unsaturated/α-hetero) is 1. The van der Waals surface area contributed by atoms with Gasteiger partial charge in [0.05, 0.1) is 6.04 Å². The molecule has 1 atom stereocenters. The largest absolute Gasteiger partial charge is 0.444 e. The standard InChI is InChI=1S/C17H29NO4S/c1-17(2,3)22-16(20)18-15(13(19)10-23(4,5)21)14(11-6-7-11)12-8-9-12/h10-12,14-15H,6-9H2,1-5H3,(H,18,20)/t15-/m1/s1. The fourth-order valence-electron chi connectivity index (χ4n) is 3.04. The van der Waals surface area contributed by atoms with Crippen molar-refractivity contribution in [2.75, 3.05) is 12.5 Å². The summed E-state index contributed by atoms with van der Waals surface area (Å²) in [4.78, 5) is 24.8. The molecular formula is C17H29NO4S. The molecule has 0 radical (unpaired) electrons. The van der Waals surface area contributed by atoms with Crippen molar-refractivity contribution in [3.63, 3.8) is 0 Å². The Morgan fingerprint density at radius 3 is 1.96 bits per heavy atom. The van der Waals surface area contributed by atoms with Crippen molar-refractivity contribution >= 4 is 26.8 Å². The topological polar surface area (TPSA) is 72.5 Å². The maximum Gasteiger partial charge on any atom is 0.408 e. The second kappa shape index (κ2) is 6.46. The number of alkyl carbamates (subject to hydrolysis) is 1. The number of amides is 1. The lowest BCUT2D eigenvalue weighted by atomic mass is 9.87. The van der Waals surface area contributed by atoms with Crippen molar-refractivity contribution in [2.45, 2.75) is 58.1 Å². The van der Waals surface area contributed by atoms with Crippen molar-refractivity contribution in [1.29, 1.82) is 0 Å². The van der Waals surface area contributed by atoms with Gasteiger partial charge in [-0.05, 0) is 73.7 Å². The van der Waals surface area contributed by atoms with Crippen LogP contribution in [-0.4, -0.2) is 45.6 Å². The van der Waals surface area contributed by atoms with Gasteiger partial charge >= 0.3 is 6.09 Å².